The van der Waals surface area contributed by atoms with Crippen LogP contribution in [0, 0.1) is 12.1 Å². The minimum absolute atomic E-state index is 0. The summed E-state index contributed by atoms with van der Waals surface area (Å²) in [4.78, 5) is 9.07. The molecule has 0 fully saturated rings. The van der Waals surface area contributed by atoms with E-state index < -0.39 is 0 Å². The number of nitrogens with zero attached hydrogens (tertiary/aromatic N) is 2. The Hall–Kier alpha value is -3.91. The Bertz CT molecular complexity index is 1900. The van der Waals surface area contributed by atoms with Crippen molar-refractivity contribution in [1.82, 2.24) is 9.97 Å². The molecule has 46 heavy (non-hydrogen) atoms. The van der Waals surface area contributed by atoms with Crippen LogP contribution < -0.4 is 0 Å². The minimum Gasteiger partial charge on any atom is -0.305 e. The van der Waals surface area contributed by atoms with Crippen LogP contribution in [0.5, 0.6) is 0 Å². The van der Waals surface area contributed by atoms with Gasteiger partial charge in [-0.3, -0.25) is 0 Å². The molecule has 0 amide bonds. The van der Waals surface area contributed by atoms with Crippen LogP contribution in [0.15, 0.2) is 109 Å². The summed E-state index contributed by atoms with van der Waals surface area (Å²) in [6, 6.07) is 41.0. The van der Waals surface area contributed by atoms with E-state index >= 15 is 0 Å². The second kappa shape index (κ2) is 12.7. The molecule has 0 bridgehead atoms. The maximum atomic E-state index is 4.58. The third-order valence-electron chi connectivity index (χ3n) is 8.99. The molecular formula is C43H42IrN2-2. The number of fused-ring (bicyclic) bond motifs is 5. The molecule has 0 unspecified atom stereocenters. The fraction of sp³-hybridized carbons (Fsp3) is 0.256. The molecule has 0 spiro atoms. The van der Waals surface area contributed by atoms with E-state index in [9.17, 15) is 0 Å². The first-order valence-corrected chi connectivity index (χ1v) is 15.8. The topological polar surface area (TPSA) is 25.8 Å². The fourth-order valence-corrected chi connectivity index (χ4v) is 6.25. The summed E-state index contributed by atoms with van der Waals surface area (Å²) in [6.07, 6.45) is 3.81. The van der Waals surface area contributed by atoms with E-state index in [2.05, 4.69) is 156 Å². The van der Waals surface area contributed by atoms with E-state index in [1.165, 1.54) is 44.2 Å². The van der Waals surface area contributed by atoms with Crippen LogP contribution in [0.4, 0.5) is 0 Å². The number of hydrogen-bond donors (Lipinski definition) is 0. The molecular weight excluding hydrogens is 737 g/mol. The van der Waals surface area contributed by atoms with Crippen molar-refractivity contribution >= 4 is 10.8 Å². The third kappa shape index (κ3) is 6.50. The molecule has 4 aromatic carbocycles. The van der Waals surface area contributed by atoms with E-state index in [1.807, 2.05) is 30.6 Å². The van der Waals surface area contributed by atoms with Crippen molar-refractivity contribution in [2.75, 3.05) is 0 Å². The first-order valence-electron chi connectivity index (χ1n) is 15.8. The van der Waals surface area contributed by atoms with Gasteiger partial charge in [0.25, 0.3) is 0 Å². The van der Waals surface area contributed by atoms with Gasteiger partial charge in [0.05, 0.1) is 0 Å². The van der Waals surface area contributed by atoms with Crippen LogP contribution >= 0.6 is 0 Å². The van der Waals surface area contributed by atoms with Crippen molar-refractivity contribution in [3.8, 4) is 33.6 Å². The summed E-state index contributed by atoms with van der Waals surface area (Å²) < 4.78 is 0. The van der Waals surface area contributed by atoms with E-state index in [4.69, 9.17) is 0 Å². The molecule has 6 aromatic rings. The van der Waals surface area contributed by atoms with Gasteiger partial charge in [-0.15, -0.1) is 64.7 Å². The van der Waals surface area contributed by atoms with Crippen molar-refractivity contribution in [2.45, 2.75) is 71.6 Å². The van der Waals surface area contributed by atoms with Crippen LogP contribution in [0.25, 0.3) is 44.4 Å². The van der Waals surface area contributed by atoms with Gasteiger partial charge in [0, 0.05) is 32.5 Å². The molecule has 2 nitrogen and oxygen atoms in total. The van der Waals surface area contributed by atoms with E-state index in [0.29, 0.717) is 0 Å². The number of aromatic nitrogens is 2. The Morgan fingerprint density at radius 2 is 1.28 bits per heavy atom. The second-order valence-electron chi connectivity index (χ2n) is 14.6. The molecule has 0 saturated carbocycles. The van der Waals surface area contributed by atoms with Crippen molar-refractivity contribution in [1.29, 1.82) is 0 Å². The van der Waals surface area contributed by atoms with Gasteiger partial charge in [0.1, 0.15) is 0 Å². The van der Waals surface area contributed by atoms with Gasteiger partial charge < -0.3 is 9.97 Å². The summed E-state index contributed by atoms with van der Waals surface area (Å²) in [5.74, 6) is 0. The summed E-state index contributed by atoms with van der Waals surface area (Å²) in [5, 5.41) is 2.65. The van der Waals surface area contributed by atoms with Crippen molar-refractivity contribution < 1.29 is 20.1 Å². The summed E-state index contributed by atoms with van der Waals surface area (Å²) in [5.41, 5.74) is 12.3. The second-order valence-corrected chi connectivity index (χ2v) is 14.6. The molecule has 1 aliphatic carbocycles. The average Bonchev–Trinajstić information content (AvgIpc) is 3.27. The smallest absolute Gasteiger partial charge is 0.0198 e. The van der Waals surface area contributed by atoms with Gasteiger partial charge in [0.15, 0.2) is 0 Å². The monoisotopic (exact) mass is 779 g/mol. The van der Waals surface area contributed by atoms with Crippen molar-refractivity contribution in [2.24, 2.45) is 0 Å². The van der Waals surface area contributed by atoms with Gasteiger partial charge in [-0.25, -0.2) is 0 Å². The quantitative estimate of drug-likeness (QED) is 0.164. The van der Waals surface area contributed by atoms with Gasteiger partial charge in [-0.2, -0.15) is 0 Å². The molecule has 0 atom stereocenters. The predicted molar refractivity (Wildman–Crippen MR) is 189 cm³/mol. The molecule has 2 heterocycles. The number of benzene rings is 4. The van der Waals surface area contributed by atoms with E-state index in [-0.39, 0.29) is 36.4 Å². The normalized spacial score (nSPS) is 13.2. The van der Waals surface area contributed by atoms with Crippen LogP contribution in [0.3, 0.4) is 0 Å². The third-order valence-corrected chi connectivity index (χ3v) is 8.99. The maximum Gasteiger partial charge on any atom is 0.0198 e. The first-order chi connectivity index (χ1) is 21.3. The summed E-state index contributed by atoms with van der Waals surface area (Å²) in [6.45, 7) is 17.9. The number of pyridine rings is 2. The standard InChI is InChI=1S/C24H18N.C19H24N.Ir/c1-24(2)21-15-17(22-9-5-6-14-25-22)11-12-19(21)20-13-10-16-7-3-4-8-18(16)23(20)24;1-18(2,3)15-9-7-14(8-10-15)17-12-11-16(13-20-17)19(4,5)6;/h3-10,12-15H,1-2H3;7,9-13H,1-6H3;/q2*-1;. The Balaban J connectivity index is 0.000000182. The molecule has 0 saturated heterocycles. The largest absolute Gasteiger partial charge is 0.305 e. The average molecular weight is 779 g/mol. The fourth-order valence-electron chi connectivity index (χ4n) is 6.25. The Labute approximate surface area is 288 Å². The molecule has 1 aliphatic rings. The number of rotatable bonds is 2. The van der Waals surface area contributed by atoms with Crippen molar-refractivity contribution in [3.63, 3.8) is 0 Å². The zero-order chi connectivity index (χ0) is 32.0. The van der Waals surface area contributed by atoms with Crippen LogP contribution in [-0.2, 0) is 36.4 Å². The predicted octanol–water partition coefficient (Wildman–Crippen LogP) is 11.1. The number of hydrogen-bond acceptors (Lipinski definition) is 2. The Kier molecular flexibility index (Phi) is 9.24. The molecule has 7 rings (SSSR count). The first kappa shape index (κ1) is 33.5. The Morgan fingerprint density at radius 1 is 0.609 bits per heavy atom. The SMILES string of the molecule is CC(C)(C)c1c[c-]c(-c2ccc(C(C)(C)C)cn2)cc1.CC1(C)c2cc(-c3ccccn3)[c-]cc2-c2ccc3ccccc3c21.[Ir]. The summed E-state index contributed by atoms with van der Waals surface area (Å²) in [7, 11) is 0. The zero-order valence-electron chi connectivity index (χ0n) is 28.1. The van der Waals surface area contributed by atoms with Crippen LogP contribution in [-0.4, -0.2) is 9.97 Å². The van der Waals surface area contributed by atoms with Crippen LogP contribution in [0.1, 0.15) is 77.6 Å². The molecule has 0 N–H and O–H groups in total. The molecule has 3 heteroatoms. The zero-order valence-corrected chi connectivity index (χ0v) is 30.5. The maximum absolute atomic E-state index is 4.58. The summed E-state index contributed by atoms with van der Waals surface area (Å²) >= 11 is 0. The molecule has 0 aliphatic heterocycles. The van der Waals surface area contributed by atoms with E-state index in [1.54, 1.807) is 0 Å². The molecule has 2 aromatic heterocycles. The molecule has 1 radical (unpaired) electrons. The van der Waals surface area contributed by atoms with Gasteiger partial charge >= 0.3 is 0 Å². The van der Waals surface area contributed by atoms with E-state index in [0.717, 1.165) is 22.5 Å². The van der Waals surface area contributed by atoms with Gasteiger partial charge in [0.2, 0.25) is 0 Å². The Morgan fingerprint density at radius 3 is 1.91 bits per heavy atom. The van der Waals surface area contributed by atoms with Crippen molar-refractivity contribution in [3.05, 3.63) is 144 Å². The molecule has 235 valence electrons. The van der Waals surface area contributed by atoms with Gasteiger partial charge in [-0.05, 0) is 55.6 Å². The van der Waals surface area contributed by atoms with Crippen LogP contribution in [0.2, 0.25) is 0 Å². The minimum atomic E-state index is -0.0375. The van der Waals surface area contributed by atoms with Gasteiger partial charge in [-0.1, -0.05) is 127 Å².